The van der Waals surface area contributed by atoms with Gasteiger partial charge >= 0.3 is 0 Å². The minimum absolute atomic E-state index is 0.0564. The van der Waals surface area contributed by atoms with Gasteiger partial charge in [0.25, 0.3) is 11.8 Å². The number of carbonyl (C=O) groups excluding carboxylic acids is 2. The van der Waals surface area contributed by atoms with Crippen molar-refractivity contribution < 1.29 is 14.0 Å². The molecule has 0 atom stereocenters. The van der Waals surface area contributed by atoms with E-state index in [1.54, 1.807) is 16.0 Å². The van der Waals surface area contributed by atoms with Gasteiger partial charge in [0.15, 0.2) is 5.16 Å². The maximum absolute atomic E-state index is 14.1. The third-order valence-electron chi connectivity index (χ3n) is 5.16. The van der Waals surface area contributed by atoms with Crippen molar-refractivity contribution in [3.63, 3.8) is 0 Å². The summed E-state index contributed by atoms with van der Waals surface area (Å²) in [5.74, 6) is -1.19. The van der Waals surface area contributed by atoms with Crippen molar-refractivity contribution in [1.29, 1.82) is 0 Å². The van der Waals surface area contributed by atoms with Gasteiger partial charge < -0.3 is 9.80 Å². The van der Waals surface area contributed by atoms with Gasteiger partial charge in [-0.25, -0.2) is 9.37 Å². The molecule has 2 heterocycles. The zero-order chi connectivity index (χ0) is 22.0. The van der Waals surface area contributed by atoms with E-state index in [2.05, 4.69) is 4.98 Å². The van der Waals surface area contributed by atoms with Crippen molar-refractivity contribution in [3.8, 4) is 5.69 Å². The van der Waals surface area contributed by atoms with Crippen LogP contribution in [0.15, 0.2) is 59.9 Å². The average Bonchev–Trinajstić information content (AvgIpc) is 3.24. The highest BCUT2D eigenvalue weighted by molar-refractivity contribution is 7.98. The van der Waals surface area contributed by atoms with E-state index >= 15 is 0 Å². The number of amides is 2. The Kier molecular flexibility index (Phi) is 6.29. The first-order valence-electron chi connectivity index (χ1n) is 9.70. The van der Waals surface area contributed by atoms with Gasteiger partial charge in [-0.2, -0.15) is 0 Å². The van der Waals surface area contributed by atoms with E-state index in [1.165, 1.54) is 30.0 Å². The molecule has 160 valence electrons. The quantitative estimate of drug-likeness (QED) is 0.555. The smallest absolute Gasteiger partial charge is 0.272 e. The standard InChI is InChI=1S/C22H20ClFN4O2S/c1-31-22-25-14-19(28(22)16-5-3-2-4-6-16)21(30)27-11-9-26(10-12-27)20(29)17-13-15(23)7-8-18(17)24/h2-8,13-14H,9-12H2,1H3. The number of nitrogens with zero attached hydrogens (tertiary/aromatic N) is 4. The zero-order valence-corrected chi connectivity index (χ0v) is 18.4. The molecular formula is C22H20ClFN4O2S. The lowest BCUT2D eigenvalue weighted by atomic mass is 10.1. The van der Waals surface area contributed by atoms with Crippen molar-refractivity contribution in [3.05, 3.63) is 76.8 Å². The molecule has 6 nitrogen and oxygen atoms in total. The molecule has 1 saturated heterocycles. The Bertz CT molecular complexity index is 1110. The molecule has 0 radical (unpaired) electrons. The zero-order valence-electron chi connectivity index (χ0n) is 16.8. The van der Waals surface area contributed by atoms with Gasteiger partial charge in [0.1, 0.15) is 11.5 Å². The molecule has 0 spiro atoms. The van der Waals surface area contributed by atoms with Crippen LogP contribution in [-0.4, -0.2) is 63.6 Å². The van der Waals surface area contributed by atoms with Gasteiger partial charge in [-0.05, 0) is 36.6 Å². The average molecular weight is 459 g/mol. The molecule has 9 heteroatoms. The van der Waals surface area contributed by atoms with E-state index in [1.807, 2.05) is 41.2 Å². The molecule has 0 aliphatic carbocycles. The summed E-state index contributed by atoms with van der Waals surface area (Å²) >= 11 is 7.37. The molecule has 0 N–H and O–H groups in total. The van der Waals surface area contributed by atoms with Crippen molar-refractivity contribution in [2.45, 2.75) is 5.16 Å². The summed E-state index contributed by atoms with van der Waals surface area (Å²) in [6.07, 6.45) is 3.50. The van der Waals surface area contributed by atoms with Crippen LogP contribution in [0.25, 0.3) is 5.69 Å². The molecular weight excluding hydrogens is 439 g/mol. The molecule has 4 rings (SSSR count). The lowest BCUT2D eigenvalue weighted by molar-refractivity contribution is 0.0528. The minimum Gasteiger partial charge on any atom is -0.335 e. The molecule has 0 bridgehead atoms. The first kappa shape index (κ1) is 21.4. The summed E-state index contributed by atoms with van der Waals surface area (Å²) in [4.78, 5) is 33.6. The number of thioether (sulfide) groups is 1. The third-order valence-corrected chi connectivity index (χ3v) is 6.05. The molecule has 1 aliphatic heterocycles. The fraction of sp³-hybridized carbons (Fsp3) is 0.227. The van der Waals surface area contributed by atoms with Crippen LogP contribution < -0.4 is 0 Å². The van der Waals surface area contributed by atoms with Crippen LogP contribution in [0, 0.1) is 5.82 Å². The van der Waals surface area contributed by atoms with Crippen molar-refractivity contribution in [2.24, 2.45) is 0 Å². The third kappa shape index (κ3) is 4.31. The largest absolute Gasteiger partial charge is 0.335 e. The van der Waals surface area contributed by atoms with Crippen LogP contribution in [0.2, 0.25) is 5.02 Å². The number of hydrogen-bond acceptors (Lipinski definition) is 4. The maximum atomic E-state index is 14.1. The van der Waals surface area contributed by atoms with Gasteiger partial charge in [0.05, 0.1) is 11.8 Å². The fourth-order valence-electron chi connectivity index (χ4n) is 3.56. The number of piperazine rings is 1. The second kappa shape index (κ2) is 9.11. The SMILES string of the molecule is CSc1ncc(C(=O)N2CCN(C(=O)c3cc(Cl)ccc3F)CC2)n1-c1ccccc1. The monoisotopic (exact) mass is 458 g/mol. The molecule has 1 aliphatic rings. The molecule has 2 amide bonds. The van der Waals surface area contributed by atoms with Gasteiger partial charge in [-0.15, -0.1) is 0 Å². The molecule has 0 saturated carbocycles. The fourth-order valence-corrected chi connectivity index (χ4v) is 4.28. The van der Waals surface area contributed by atoms with Gasteiger partial charge in [0, 0.05) is 36.9 Å². The summed E-state index contributed by atoms with van der Waals surface area (Å²) in [5.41, 5.74) is 1.27. The number of para-hydroxylation sites is 1. The number of imidazole rings is 1. The Balaban J connectivity index is 1.50. The van der Waals surface area contributed by atoms with Crippen molar-refractivity contribution in [1.82, 2.24) is 19.4 Å². The Morgan fingerprint density at radius 2 is 1.65 bits per heavy atom. The maximum Gasteiger partial charge on any atom is 0.272 e. The highest BCUT2D eigenvalue weighted by atomic mass is 35.5. The number of halogens is 2. The van der Waals surface area contributed by atoms with Crippen LogP contribution >= 0.6 is 23.4 Å². The second-order valence-electron chi connectivity index (χ2n) is 7.01. The van der Waals surface area contributed by atoms with Crippen LogP contribution in [0.5, 0.6) is 0 Å². The minimum atomic E-state index is -0.607. The topological polar surface area (TPSA) is 58.4 Å². The van der Waals surface area contributed by atoms with Crippen LogP contribution in [0.3, 0.4) is 0 Å². The summed E-state index contributed by atoms with van der Waals surface area (Å²) in [5, 5.41) is 1.03. The van der Waals surface area contributed by atoms with Crippen LogP contribution in [-0.2, 0) is 0 Å². The molecule has 0 unspecified atom stereocenters. The number of rotatable bonds is 4. The Labute approximate surface area is 188 Å². The Morgan fingerprint density at radius 1 is 1.00 bits per heavy atom. The second-order valence-corrected chi connectivity index (χ2v) is 8.22. The van der Waals surface area contributed by atoms with Gasteiger partial charge in [0.2, 0.25) is 0 Å². The van der Waals surface area contributed by atoms with E-state index in [9.17, 15) is 14.0 Å². The molecule has 1 fully saturated rings. The number of carbonyl (C=O) groups is 2. The van der Waals surface area contributed by atoms with Crippen molar-refractivity contribution >= 4 is 35.2 Å². The molecule has 31 heavy (non-hydrogen) atoms. The first-order valence-corrected chi connectivity index (χ1v) is 11.3. The van der Waals surface area contributed by atoms with E-state index in [0.717, 1.165) is 10.8 Å². The van der Waals surface area contributed by atoms with Gasteiger partial charge in [-0.3, -0.25) is 14.2 Å². The summed E-state index contributed by atoms with van der Waals surface area (Å²) in [6.45, 7) is 1.32. The van der Waals surface area contributed by atoms with Crippen molar-refractivity contribution in [2.75, 3.05) is 32.4 Å². The molecule has 2 aromatic carbocycles. The predicted octanol–water partition coefficient (Wildman–Crippen LogP) is 3.98. The van der Waals surface area contributed by atoms with E-state index < -0.39 is 11.7 Å². The van der Waals surface area contributed by atoms with Gasteiger partial charge in [-0.1, -0.05) is 41.6 Å². The normalized spacial score (nSPS) is 14.0. The summed E-state index contributed by atoms with van der Waals surface area (Å²) in [7, 11) is 0. The summed E-state index contributed by atoms with van der Waals surface area (Å²) in [6, 6.07) is 13.5. The Morgan fingerprint density at radius 3 is 2.29 bits per heavy atom. The molecule has 1 aromatic heterocycles. The van der Waals surface area contributed by atoms with Crippen LogP contribution in [0.1, 0.15) is 20.8 Å². The first-order chi connectivity index (χ1) is 15.0. The highest BCUT2D eigenvalue weighted by Gasteiger charge is 2.29. The molecule has 3 aromatic rings. The van der Waals surface area contributed by atoms with E-state index in [0.29, 0.717) is 36.9 Å². The Hall–Kier alpha value is -2.84. The summed E-state index contributed by atoms with van der Waals surface area (Å²) < 4.78 is 15.9. The number of aromatic nitrogens is 2. The number of benzene rings is 2. The van der Waals surface area contributed by atoms with E-state index in [4.69, 9.17) is 11.6 Å². The van der Waals surface area contributed by atoms with Crippen LogP contribution in [0.4, 0.5) is 4.39 Å². The highest BCUT2D eigenvalue weighted by Crippen LogP contribution is 2.23. The lowest BCUT2D eigenvalue weighted by Gasteiger charge is -2.35. The van der Waals surface area contributed by atoms with E-state index in [-0.39, 0.29) is 11.5 Å². The lowest BCUT2D eigenvalue weighted by Crippen LogP contribution is -2.51. The number of hydrogen-bond donors (Lipinski definition) is 0. The predicted molar refractivity (Wildman–Crippen MR) is 119 cm³/mol.